The summed E-state index contributed by atoms with van der Waals surface area (Å²) in [6.07, 6.45) is 3.71. The van der Waals surface area contributed by atoms with Crippen LogP contribution in [0.4, 0.5) is 0 Å². The van der Waals surface area contributed by atoms with Gasteiger partial charge in [0.25, 0.3) is 0 Å². The van der Waals surface area contributed by atoms with Gasteiger partial charge in [0.2, 0.25) is 0 Å². The lowest BCUT2D eigenvalue weighted by Gasteiger charge is -2.09. The van der Waals surface area contributed by atoms with Gasteiger partial charge in [-0.25, -0.2) is 0 Å². The van der Waals surface area contributed by atoms with E-state index in [0.29, 0.717) is 19.3 Å². The summed E-state index contributed by atoms with van der Waals surface area (Å²) in [4.78, 5) is 0. The maximum Gasteiger partial charge on any atom is 0.133 e. The van der Waals surface area contributed by atoms with Crippen LogP contribution in [0.25, 0.3) is 0 Å². The largest absolute Gasteiger partial charge is 0.379 e. The Hall–Kier alpha value is -0.630. The van der Waals surface area contributed by atoms with E-state index in [1.165, 1.54) is 6.42 Å². The summed E-state index contributed by atoms with van der Waals surface area (Å²) in [6, 6.07) is 1.91. The first-order valence-corrected chi connectivity index (χ1v) is 5.07. The minimum absolute atomic E-state index is 0.148. The van der Waals surface area contributed by atoms with Gasteiger partial charge in [-0.15, -0.1) is 0 Å². The molecular weight excluding hydrogens is 182 g/mol. The Balaban J connectivity index is 1.78. The van der Waals surface area contributed by atoms with Gasteiger partial charge in [-0.05, 0) is 19.3 Å². The lowest BCUT2D eigenvalue weighted by Crippen LogP contribution is -2.11. The van der Waals surface area contributed by atoms with E-state index in [0.717, 1.165) is 26.1 Å². The van der Waals surface area contributed by atoms with Crippen LogP contribution in [0.1, 0.15) is 19.3 Å². The molecule has 1 fully saturated rings. The lowest BCUT2D eigenvalue weighted by molar-refractivity contribution is 0.0321. The summed E-state index contributed by atoms with van der Waals surface area (Å²) >= 11 is 0. The summed E-state index contributed by atoms with van der Waals surface area (Å²) in [5.41, 5.74) is 0. The number of nitriles is 1. The molecule has 0 amide bonds. The molecule has 14 heavy (non-hydrogen) atoms. The molecule has 0 N–H and O–H groups in total. The van der Waals surface area contributed by atoms with E-state index < -0.39 is 0 Å². The van der Waals surface area contributed by atoms with Crippen molar-refractivity contribution in [1.82, 2.24) is 0 Å². The summed E-state index contributed by atoms with van der Waals surface area (Å²) in [7, 11) is 0. The molecule has 1 heterocycles. The third kappa shape index (κ3) is 5.18. The maximum atomic E-state index is 8.18. The molecule has 0 bridgehead atoms. The zero-order valence-corrected chi connectivity index (χ0v) is 8.41. The molecule has 0 aromatic carbocycles. The molecule has 1 aliphatic heterocycles. The predicted octanol–water partition coefficient (Wildman–Crippen LogP) is 1.11. The van der Waals surface area contributed by atoms with E-state index in [1.54, 1.807) is 0 Å². The second-order valence-electron chi connectivity index (χ2n) is 3.25. The van der Waals surface area contributed by atoms with Crippen molar-refractivity contribution in [3.8, 4) is 6.07 Å². The normalized spacial score (nSPS) is 20.9. The van der Waals surface area contributed by atoms with Crippen LogP contribution in [-0.2, 0) is 14.2 Å². The Bertz CT molecular complexity index is 173. The minimum atomic E-state index is 0.148. The quantitative estimate of drug-likeness (QED) is 0.576. The van der Waals surface area contributed by atoms with Crippen LogP contribution in [0.2, 0.25) is 0 Å². The molecule has 4 heteroatoms. The minimum Gasteiger partial charge on any atom is -0.379 e. The van der Waals surface area contributed by atoms with E-state index in [-0.39, 0.29) is 6.61 Å². The van der Waals surface area contributed by atoms with E-state index in [1.807, 2.05) is 6.07 Å². The first-order valence-electron chi connectivity index (χ1n) is 5.07. The SMILES string of the molecule is N#CCOCCOCCC1CCCO1. The van der Waals surface area contributed by atoms with E-state index in [4.69, 9.17) is 19.5 Å². The number of ether oxygens (including phenoxy) is 3. The Morgan fingerprint density at radius 1 is 1.29 bits per heavy atom. The van der Waals surface area contributed by atoms with Crippen LogP contribution in [0, 0.1) is 11.3 Å². The second-order valence-corrected chi connectivity index (χ2v) is 3.25. The van der Waals surface area contributed by atoms with Gasteiger partial charge in [0.05, 0.1) is 25.4 Å². The van der Waals surface area contributed by atoms with E-state index >= 15 is 0 Å². The Labute approximate surface area is 84.8 Å². The van der Waals surface area contributed by atoms with Crippen LogP contribution in [0.5, 0.6) is 0 Å². The van der Waals surface area contributed by atoms with Gasteiger partial charge >= 0.3 is 0 Å². The van der Waals surface area contributed by atoms with Gasteiger partial charge in [0, 0.05) is 13.2 Å². The first-order chi connectivity index (χ1) is 6.93. The maximum absolute atomic E-state index is 8.18. The zero-order valence-electron chi connectivity index (χ0n) is 8.41. The fraction of sp³-hybridized carbons (Fsp3) is 0.900. The van der Waals surface area contributed by atoms with Crippen LogP contribution in [0.15, 0.2) is 0 Å². The number of hydrogen-bond acceptors (Lipinski definition) is 4. The third-order valence-corrected chi connectivity index (χ3v) is 2.15. The van der Waals surface area contributed by atoms with Crippen molar-refractivity contribution in [1.29, 1.82) is 5.26 Å². The average Bonchev–Trinajstić information content (AvgIpc) is 2.69. The standard InChI is InChI=1S/C10H17NO3/c11-4-7-13-9-8-12-6-3-10-2-1-5-14-10/h10H,1-3,5-9H2. The second kappa shape index (κ2) is 7.74. The van der Waals surface area contributed by atoms with Crippen LogP contribution < -0.4 is 0 Å². The molecule has 1 aliphatic rings. The van der Waals surface area contributed by atoms with Crippen LogP contribution >= 0.6 is 0 Å². The summed E-state index contributed by atoms with van der Waals surface area (Å²) in [6.45, 7) is 2.83. The van der Waals surface area contributed by atoms with Gasteiger partial charge in [-0.3, -0.25) is 0 Å². The van der Waals surface area contributed by atoms with Crippen molar-refractivity contribution in [2.45, 2.75) is 25.4 Å². The molecule has 1 saturated heterocycles. The highest BCUT2D eigenvalue weighted by atomic mass is 16.5. The zero-order chi connectivity index (χ0) is 10.1. The van der Waals surface area contributed by atoms with E-state index in [2.05, 4.69) is 0 Å². The number of hydrogen-bond donors (Lipinski definition) is 0. The van der Waals surface area contributed by atoms with Gasteiger partial charge in [0.15, 0.2) is 0 Å². The number of nitrogens with zero attached hydrogens (tertiary/aromatic N) is 1. The molecule has 0 spiro atoms. The Morgan fingerprint density at radius 2 is 2.14 bits per heavy atom. The van der Waals surface area contributed by atoms with Crippen LogP contribution in [-0.4, -0.2) is 39.1 Å². The third-order valence-electron chi connectivity index (χ3n) is 2.15. The van der Waals surface area contributed by atoms with Gasteiger partial charge in [-0.1, -0.05) is 0 Å². The van der Waals surface area contributed by atoms with Crippen molar-refractivity contribution in [2.75, 3.05) is 33.0 Å². The van der Waals surface area contributed by atoms with Gasteiger partial charge in [-0.2, -0.15) is 5.26 Å². The monoisotopic (exact) mass is 199 g/mol. The lowest BCUT2D eigenvalue weighted by atomic mass is 10.2. The fourth-order valence-electron chi connectivity index (χ4n) is 1.42. The molecule has 0 aliphatic carbocycles. The van der Waals surface area contributed by atoms with Crippen molar-refractivity contribution >= 4 is 0 Å². The predicted molar refractivity (Wildman–Crippen MR) is 50.8 cm³/mol. The van der Waals surface area contributed by atoms with Crippen molar-refractivity contribution in [3.63, 3.8) is 0 Å². The van der Waals surface area contributed by atoms with Crippen molar-refractivity contribution in [3.05, 3.63) is 0 Å². The smallest absolute Gasteiger partial charge is 0.133 e. The van der Waals surface area contributed by atoms with Crippen LogP contribution in [0.3, 0.4) is 0 Å². The molecule has 0 aromatic rings. The summed E-state index contributed by atoms with van der Waals surface area (Å²) in [5.74, 6) is 0. The molecule has 1 atom stereocenters. The summed E-state index contributed by atoms with van der Waals surface area (Å²) < 4.78 is 15.7. The summed E-state index contributed by atoms with van der Waals surface area (Å²) in [5, 5.41) is 8.18. The van der Waals surface area contributed by atoms with Crippen molar-refractivity contribution in [2.24, 2.45) is 0 Å². The topological polar surface area (TPSA) is 51.5 Å². The Kier molecular flexibility index (Phi) is 6.33. The molecule has 1 rings (SSSR count). The highest BCUT2D eigenvalue weighted by molar-refractivity contribution is 4.66. The highest BCUT2D eigenvalue weighted by Gasteiger charge is 2.14. The molecule has 80 valence electrons. The molecule has 4 nitrogen and oxygen atoms in total. The highest BCUT2D eigenvalue weighted by Crippen LogP contribution is 2.14. The molecule has 0 aromatic heterocycles. The number of rotatable bonds is 7. The molecular formula is C10H17NO3. The fourth-order valence-corrected chi connectivity index (χ4v) is 1.42. The molecule has 1 unspecified atom stereocenters. The molecule has 0 saturated carbocycles. The average molecular weight is 199 g/mol. The van der Waals surface area contributed by atoms with E-state index in [9.17, 15) is 0 Å². The van der Waals surface area contributed by atoms with Gasteiger partial charge < -0.3 is 14.2 Å². The first kappa shape index (κ1) is 11.4. The van der Waals surface area contributed by atoms with Gasteiger partial charge in [0.1, 0.15) is 6.61 Å². The Morgan fingerprint density at radius 3 is 2.86 bits per heavy atom. The molecule has 0 radical (unpaired) electrons. The van der Waals surface area contributed by atoms with Crippen molar-refractivity contribution < 1.29 is 14.2 Å².